The molecule has 3 atom stereocenters. The molecule has 1 amide bonds. The van der Waals surface area contributed by atoms with Crippen LogP contribution in [0, 0.1) is 5.92 Å². The van der Waals surface area contributed by atoms with Gasteiger partial charge >= 0.3 is 5.97 Å². The third-order valence-electron chi connectivity index (χ3n) is 5.59. The SMILES string of the molecule is COC(=O)CCCSCCN1C(=O)CC[C@@H]1C=C[C@H](O)[C@@H](C)CCc1ccccc1. The summed E-state index contributed by atoms with van der Waals surface area (Å²) in [4.78, 5) is 25.3. The zero-order valence-electron chi connectivity index (χ0n) is 18.2. The molecule has 0 saturated carbocycles. The number of amides is 1. The van der Waals surface area contributed by atoms with Crippen molar-refractivity contribution in [3.05, 3.63) is 48.0 Å². The minimum atomic E-state index is -0.501. The fraction of sp³-hybridized carbons (Fsp3) is 0.583. The van der Waals surface area contributed by atoms with Crippen molar-refractivity contribution in [3.8, 4) is 0 Å². The maximum absolute atomic E-state index is 12.2. The first-order valence-electron chi connectivity index (χ1n) is 10.9. The number of methoxy groups -OCH3 is 1. The number of nitrogens with zero attached hydrogens (tertiary/aromatic N) is 1. The zero-order chi connectivity index (χ0) is 21.8. The van der Waals surface area contributed by atoms with E-state index in [4.69, 9.17) is 0 Å². The van der Waals surface area contributed by atoms with E-state index < -0.39 is 6.10 Å². The lowest BCUT2D eigenvalue weighted by Crippen LogP contribution is -2.34. The number of thioether (sulfide) groups is 1. The minimum Gasteiger partial charge on any atom is -0.469 e. The highest BCUT2D eigenvalue weighted by Gasteiger charge is 2.28. The second kappa shape index (κ2) is 13.5. The topological polar surface area (TPSA) is 66.8 Å². The second-order valence-corrected chi connectivity index (χ2v) is 9.09. The molecule has 6 heteroatoms. The van der Waals surface area contributed by atoms with Crippen LogP contribution >= 0.6 is 11.8 Å². The summed E-state index contributed by atoms with van der Waals surface area (Å²) in [5, 5.41) is 10.5. The Hall–Kier alpha value is -1.79. The van der Waals surface area contributed by atoms with E-state index in [-0.39, 0.29) is 23.8 Å². The number of rotatable bonds is 13. The monoisotopic (exact) mass is 433 g/mol. The normalized spacial score (nSPS) is 18.7. The molecule has 0 aromatic heterocycles. The number of aryl methyl sites for hydroxylation is 1. The molecule has 1 saturated heterocycles. The summed E-state index contributed by atoms with van der Waals surface area (Å²) < 4.78 is 4.64. The van der Waals surface area contributed by atoms with Crippen molar-refractivity contribution in [2.24, 2.45) is 5.92 Å². The van der Waals surface area contributed by atoms with Gasteiger partial charge in [0.15, 0.2) is 0 Å². The van der Waals surface area contributed by atoms with Crippen molar-refractivity contribution in [3.63, 3.8) is 0 Å². The van der Waals surface area contributed by atoms with Crippen molar-refractivity contribution >= 4 is 23.6 Å². The molecule has 2 rings (SSSR count). The molecule has 30 heavy (non-hydrogen) atoms. The van der Waals surface area contributed by atoms with E-state index in [1.54, 1.807) is 11.8 Å². The lowest BCUT2D eigenvalue weighted by atomic mass is 9.95. The number of likely N-dealkylation sites (tertiary alicyclic amines) is 1. The maximum atomic E-state index is 12.2. The average molecular weight is 434 g/mol. The van der Waals surface area contributed by atoms with Crippen molar-refractivity contribution in [1.29, 1.82) is 0 Å². The summed E-state index contributed by atoms with van der Waals surface area (Å²) in [6, 6.07) is 10.4. The van der Waals surface area contributed by atoms with Crippen molar-refractivity contribution in [1.82, 2.24) is 4.90 Å². The molecule has 0 spiro atoms. The molecule has 1 fully saturated rings. The summed E-state index contributed by atoms with van der Waals surface area (Å²) in [5.74, 6) is 1.92. The molecule has 0 aliphatic carbocycles. The van der Waals surface area contributed by atoms with Gasteiger partial charge < -0.3 is 14.7 Å². The molecule has 0 bridgehead atoms. The molecule has 1 aliphatic rings. The van der Waals surface area contributed by atoms with Crippen LogP contribution in [-0.2, 0) is 20.7 Å². The Balaban J connectivity index is 1.71. The first-order chi connectivity index (χ1) is 14.5. The van der Waals surface area contributed by atoms with E-state index in [0.29, 0.717) is 19.4 Å². The Morgan fingerprint density at radius 3 is 2.83 bits per heavy atom. The van der Waals surface area contributed by atoms with Crippen LogP contribution < -0.4 is 0 Å². The average Bonchev–Trinajstić information content (AvgIpc) is 3.12. The molecule has 1 N–H and O–H groups in total. The molecule has 5 nitrogen and oxygen atoms in total. The number of esters is 1. The van der Waals surface area contributed by atoms with Crippen LogP contribution in [0.2, 0.25) is 0 Å². The van der Waals surface area contributed by atoms with Gasteiger partial charge in [0.2, 0.25) is 5.91 Å². The largest absolute Gasteiger partial charge is 0.469 e. The number of hydrogen-bond acceptors (Lipinski definition) is 5. The standard InChI is InChI=1S/C24H35NO4S/c1-19(10-11-20-7-4-3-5-8-20)22(26)14-12-21-13-15-23(27)25(21)16-18-30-17-6-9-24(28)29-2/h3-5,7-8,12,14,19,21-22,26H,6,9-11,13,15-18H2,1-2H3/t19-,21-,22-/m0/s1. The minimum absolute atomic E-state index is 0.0733. The van der Waals surface area contributed by atoms with Crippen molar-refractivity contribution in [2.45, 2.75) is 57.6 Å². The first-order valence-corrected chi connectivity index (χ1v) is 12.0. The van der Waals surface area contributed by atoms with Gasteiger partial charge in [-0.05, 0) is 42.9 Å². The Labute approximate surface area is 184 Å². The van der Waals surface area contributed by atoms with Gasteiger partial charge in [0.05, 0.1) is 19.3 Å². The summed E-state index contributed by atoms with van der Waals surface area (Å²) in [5.41, 5.74) is 1.29. The fourth-order valence-electron chi connectivity index (χ4n) is 3.57. The number of benzene rings is 1. The third kappa shape index (κ3) is 8.52. The lowest BCUT2D eigenvalue weighted by Gasteiger charge is -2.23. The maximum Gasteiger partial charge on any atom is 0.305 e. The van der Waals surface area contributed by atoms with Gasteiger partial charge in [0.25, 0.3) is 0 Å². The Bertz CT molecular complexity index is 679. The van der Waals surface area contributed by atoms with Crippen molar-refractivity contribution in [2.75, 3.05) is 25.2 Å². The number of aliphatic hydroxyl groups is 1. The van der Waals surface area contributed by atoms with Gasteiger partial charge in [-0.3, -0.25) is 9.59 Å². The highest BCUT2D eigenvalue weighted by Crippen LogP contribution is 2.22. The third-order valence-corrected chi connectivity index (χ3v) is 6.64. The Morgan fingerprint density at radius 1 is 1.33 bits per heavy atom. The predicted octanol–water partition coefficient (Wildman–Crippen LogP) is 3.85. The van der Waals surface area contributed by atoms with Gasteiger partial charge in [0, 0.05) is 25.1 Å². The predicted molar refractivity (Wildman–Crippen MR) is 122 cm³/mol. The fourth-order valence-corrected chi connectivity index (χ4v) is 4.45. The molecule has 166 valence electrons. The van der Waals surface area contributed by atoms with E-state index in [9.17, 15) is 14.7 Å². The van der Waals surface area contributed by atoms with E-state index >= 15 is 0 Å². The summed E-state index contributed by atoms with van der Waals surface area (Å²) >= 11 is 1.76. The summed E-state index contributed by atoms with van der Waals surface area (Å²) in [6.07, 6.45) is 7.87. The van der Waals surface area contributed by atoms with Gasteiger partial charge in [-0.2, -0.15) is 11.8 Å². The molecule has 0 radical (unpaired) electrons. The van der Waals surface area contributed by atoms with E-state index in [1.807, 2.05) is 35.3 Å². The quantitative estimate of drug-likeness (QED) is 0.291. The molecule has 1 aliphatic heterocycles. The van der Waals surface area contributed by atoms with Crippen LogP contribution in [0.4, 0.5) is 0 Å². The Kier molecular flexibility index (Phi) is 11.0. The molecular formula is C24H35NO4S. The van der Waals surface area contributed by atoms with Crippen LogP contribution in [0.3, 0.4) is 0 Å². The number of carbonyl (C=O) groups is 2. The van der Waals surface area contributed by atoms with Gasteiger partial charge in [-0.1, -0.05) is 49.4 Å². The summed E-state index contributed by atoms with van der Waals surface area (Å²) in [6.45, 7) is 2.77. The molecular weight excluding hydrogens is 398 g/mol. The second-order valence-electron chi connectivity index (χ2n) is 7.86. The van der Waals surface area contributed by atoms with Crippen LogP contribution in [-0.4, -0.2) is 59.2 Å². The van der Waals surface area contributed by atoms with Gasteiger partial charge in [-0.15, -0.1) is 0 Å². The van der Waals surface area contributed by atoms with E-state index in [2.05, 4.69) is 23.8 Å². The highest BCUT2D eigenvalue weighted by atomic mass is 32.2. The van der Waals surface area contributed by atoms with Crippen LogP contribution in [0.15, 0.2) is 42.5 Å². The van der Waals surface area contributed by atoms with E-state index in [0.717, 1.165) is 37.2 Å². The number of hydrogen-bond donors (Lipinski definition) is 1. The van der Waals surface area contributed by atoms with Gasteiger partial charge in [0.1, 0.15) is 0 Å². The number of aliphatic hydroxyl groups excluding tert-OH is 1. The zero-order valence-corrected chi connectivity index (χ0v) is 19.0. The smallest absolute Gasteiger partial charge is 0.305 e. The summed E-state index contributed by atoms with van der Waals surface area (Å²) in [7, 11) is 1.41. The van der Waals surface area contributed by atoms with Gasteiger partial charge in [-0.25, -0.2) is 0 Å². The van der Waals surface area contributed by atoms with E-state index in [1.165, 1.54) is 12.7 Å². The number of carbonyl (C=O) groups excluding carboxylic acids is 2. The molecule has 1 heterocycles. The van der Waals surface area contributed by atoms with Crippen LogP contribution in [0.1, 0.15) is 44.6 Å². The highest BCUT2D eigenvalue weighted by molar-refractivity contribution is 7.99. The first kappa shape index (κ1) is 24.5. The molecule has 1 aromatic rings. The molecule has 0 unspecified atom stereocenters. The number of ether oxygens (including phenoxy) is 1. The molecule has 1 aromatic carbocycles. The lowest BCUT2D eigenvalue weighted by molar-refractivity contribution is -0.140. The van der Waals surface area contributed by atoms with Crippen molar-refractivity contribution < 1.29 is 19.4 Å². The van der Waals surface area contributed by atoms with Crippen LogP contribution in [0.25, 0.3) is 0 Å². The Morgan fingerprint density at radius 2 is 2.10 bits per heavy atom. The van der Waals surface area contributed by atoms with Crippen LogP contribution in [0.5, 0.6) is 0 Å².